The summed E-state index contributed by atoms with van der Waals surface area (Å²) in [5, 5.41) is 8.73. The van der Waals surface area contributed by atoms with Crippen LogP contribution in [0.4, 0.5) is 0 Å². The van der Waals surface area contributed by atoms with Crippen molar-refractivity contribution in [3.05, 3.63) is 24.7 Å². The largest absolute Gasteiger partial charge is 0.513 e. The SMILES string of the molecule is C=C(O)CCCCC(=C)OC. The van der Waals surface area contributed by atoms with E-state index in [9.17, 15) is 0 Å². The number of methoxy groups -OCH3 is 1. The maximum Gasteiger partial charge on any atom is 0.0883 e. The lowest BCUT2D eigenvalue weighted by molar-refractivity contribution is 0.275. The zero-order chi connectivity index (χ0) is 8.69. The van der Waals surface area contributed by atoms with Crippen LogP contribution in [0.2, 0.25) is 0 Å². The molecule has 1 N–H and O–H groups in total. The first-order valence-electron chi connectivity index (χ1n) is 3.75. The lowest BCUT2D eigenvalue weighted by atomic mass is 10.1. The van der Waals surface area contributed by atoms with Crippen molar-refractivity contribution in [1.29, 1.82) is 0 Å². The number of aliphatic hydroxyl groups is 1. The molecule has 64 valence electrons. The van der Waals surface area contributed by atoms with Gasteiger partial charge in [-0.25, -0.2) is 0 Å². The van der Waals surface area contributed by atoms with Gasteiger partial charge in [0, 0.05) is 12.8 Å². The van der Waals surface area contributed by atoms with E-state index in [1.54, 1.807) is 7.11 Å². The Morgan fingerprint density at radius 2 is 1.82 bits per heavy atom. The fourth-order valence-corrected chi connectivity index (χ4v) is 0.753. The van der Waals surface area contributed by atoms with E-state index in [2.05, 4.69) is 13.2 Å². The van der Waals surface area contributed by atoms with E-state index in [-0.39, 0.29) is 5.76 Å². The van der Waals surface area contributed by atoms with Crippen molar-refractivity contribution in [2.75, 3.05) is 7.11 Å². The third-order valence-electron chi connectivity index (χ3n) is 1.46. The van der Waals surface area contributed by atoms with Crippen molar-refractivity contribution in [2.24, 2.45) is 0 Å². The summed E-state index contributed by atoms with van der Waals surface area (Å²) in [7, 11) is 1.62. The lowest BCUT2D eigenvalue weighted by Gasteiger charge is -2.02. The van der Waals surface area contributed by atoms with Gasteiger partial charge in [0.15, 0.2) is 0 Å². The molecular formula is C9H16O2. The van der Waals surface area contributed by atoms with Gasteiger partial charge in [0.05, 0.1) is 18.6 Å². The first-order chi connectivity index (χ1) is 5.16. The minimum Gasteiger partial charge on any atom is -0.513 e. The van der Waals surface area contributed by atoms with E-state index in [0.717, 1.165) is 25.0 Å². The average Bonchev–Trinajstić information content (AvgIpc) is 1.97. The van der Waals surface area contributed by atoms with Crippen molar-refractivity contribution in [1.82, 2.24) is 0 Å². The Morgan fingerprint density at radius 1 is 1.27 bits per heavy atom. The molecule has 0 aromatic carbocycles. The normalized spacial score (nSPS) is 9.18. The number of ether oxygens (including phenoxy) is 1. The van der Waals surface area contributed by atoms with Crippen LogP contribution in [0.15, 0.2) is 24.7 Å². The molecule has 11 heavy (non-hydrogen) atoms. The number of hydrogen-bond donors (Lipinski definition) is 1. The zero-order valence-corrected chi connectivity index (χ0v) is 7.10. The molecule has 0 unspecified atom stereocenters. The van der Waals surface area contributed by atoms with Gasteiger partial charge in [-0.2, -0.15) is 0 Å². The van der Waals surface area contributed by atoms with Gasteiger partial charge >= 0.3 is 0 Å². The van der Waals surface area contributed by atoms with Crippen LogP contribution in [0, 0.1) is 0 Å². The van der Waals surface area contributed by atoms with Gasteiger partial charge in [-0.15, -0.1) is 0 Å². The van der Waals surface area contributed by atoms with Crippen LogP contribution in [-0.4, -0.2) is 12.2 Å². The molecule has 0 fully saturated rings. The molecule has 2 heteroatoms. The number of allylic oxidation sites excluding steroid dienone is 2. The van der Waals surface area contributed by atoms with Crippen LogP contribution in [0.25, 0.3) is 0 Å². The fraction of sp³-hybridized carbons (Fsp3) is 0.556. The highest BCUT2D eigenvalue weighted by molar-refractivity contribution is 4.83. The predicted molar refractivity (Wildman–Crippen MR) is 46.4 cm³/mol. The van der Waals surface area contributed by atoms with Crippen molar-refractivity contribution in [2.45, 2.75) is 25.7 Å². The van der Waals surface area contributed by atoms with E-state index in [1.165, 1.54) is 0 Å². The Balaban J connectivity index is 3.14. The summed E-state index contributed by atoms with van der Waals surface area (Å²) in [6, 6.07) is 0. The molecule has 0 bridgehead atoms. The second kappa shape index (κ2) is 5.83. The molecule has 0 spiro atoms. The molecular weight excluding hydrogens is 140 g/mol. The maximum absolute atomic E-state index is 8.73. The Kier molecular flexibility index (Phi) is 5.35. The molecule has 0 saturated carbocycles. The number of rotatable bonds is 6. The molecule has 0 aliphatic heterocycles. The second-order valence-electron chi connectivity index (χ2n) is 2.52. The minimum absolute atomic E-state index is 0.257. The highest BCUT2D eigenvalue weighted by Gasteiger charge is 1.93. The topological polar surface area (TPSA) is 29.5 Å². The van der Waals surface area contributed by atoms with Crippen molar-refractivity contribution in [3.8, 4) is 0 Å². The number of aliphatic hydroxyl groups excluding tert-OH is 1. The number of hydrogen-bond acceptors (Lipinski definition) is 2. The highest BCUT2D eigenvalue weighted by Crippen LogP contribution is 2.09. The molecule has 0 radical (unpaired) electrons. The van der Waals surface area contributed by atoms with Gasteiger partial charge in [-0.1, -0.05) is 13.2 Å². The second-order valence-corrected chi connectivity index (χ2v) is 2.52. The maximum atomic E-state index is 8.73. The summed E-state index contributed by atoms with van der Waals surface area (Å²) in [5.74, 6) is 1.06. The minimum atomic E-state index is 0.257. The van der Waals surface area contributed by atoms with E-state index in [4.69, 9.17) is 9.84 Å². The van der Waals surface area contributed by atoms with Crippen molar-refractivity contribution < 1.29 is 9.84 Å². The van der Waals surface area contributed by atoms with E-state index in [1.807, 2.05) is 0 Å². The molecule has 0 aromatic heterocycles. The van der Waals surface area contributed by atoms with Crippen LogP contribution < -0.4 is 0 Å². The molecule has 0 aliphatic carbocycles. The van der Waals surface area contributed by atoms with E-state index < -0.39 is 0 Å². The van der Waals surface area contributed by atoms with Gasteiger partial charge in [-0.3, -0.25) is 0 Å². The summed E-state index contributed by atoms with van der Waals surface area (Å²) >= 11 is 0. The van der Waals surface area contributed by atoms with Crippen LogP contribution in [-0.2, 0) is 4.74 Å². The summed E-state index contributed by atoms with van der Waals surface area (Å²) in [6.07, 6.45) is 3.48. The Bertz CT molecular complexity index is 138. The third kappa shape index (κ3) is 6.97. The van der Waals surface area contributed by atoms with Gasteiger partial charge in [0.25, 0.3) is 0 Å². The Labute approximate surface area is 68.2 Å². The summed E-state index contributed by atoms with van der Waals surface area (Å²) in [6.45, 7) is 7.08. The van der Waals surface area contributed by atoms with Crippen LogP contribution in [0.1, 0.15) is 25.7 Å². The summed E-state index contributed by atoms with van der Waals surface area (Å²) in [4.78, 5) is 0. The fourth-order valence-electron chi connectivity index (χ4n) is 0.753. The Morgan fingerprint density at radius 3 is 2.27 bits per heavy atom. The molecule has 0 heterocycles. The summed E-state index contributed by atoms with van der Waals surface area (Å²) < 4.78 is 4.88. The van der Waals surface area contributed by atoms with Gasteiger partial charge in [-0.05, 0) is 12.8 Å². The number of unbranched alkanes of at least 4 members (excludes halogenated alkanes) is 1. The van der Waals surface area contributed by atoms with Crippen LogP contribution >= 0.6 is 0 Å². The third-order valence-corrected chi connectivity index (χ3v) is 1.46. The first-order valence-corrected chi connectivity index (χ1v) is 3.75. The van der Waals surface area contributed by atoms with Gasteiger partial charge < -0.3 is 9.84 Å². The molecule has 2 nitrogen and oxygen atoms in total. The molecule has 0 rings (SSSR count). The lowest BCUT2D eigenvalue weighted by Crippen LogP contribution is -1.86. The highest BCUT2D eigenvalue weighted by atomic mass is 16.5. The van der Waals surface area contributed by atoms with E-state index in [0.29, 0.717) is 6.42 Å². The molecule has 0 aliphatic rings. The van der Waals surface area contributed by atoms with Gasteiger partial charge in [0.2, 0.25) is 0 Å². The monoisotopic (exact) mass is 156 g/mol. The molecule has 0 saturated heterocycles. The molecule has 0 aromatic rings. The Hall–Kier alpha value is -0.920. The first kappa shape index (κ1) is 10.1. The van der Waals surface area contributed by atoms with Crippen molar-refractivity contribution >= 4 is 0 Å². The van der Waals surface area contributed by atoms with E-state index >= 15 is 0 Å². The summed E-state index contributed by atoms with van der Waals surface area (Å²) in [5.41, 5.74) is 0. The predicted octanol–water partition coefficient (Wildman–Crippen LogP) is 2.78. The van der Waals surface area contributed by atoms with Crippen LogP contribution in [0.5, 0.6) is 0 Å². The quantitative estimate of drug-likeness (QED) is 0.473. The molecule has 0 amide bonds. The zero-order valence-electron chi connectivity index (χ0n) is 7.10. The standard InChI is InChI=1S/C9H16O2/c1-8(10)6-4-5-7-9(2)11-3/h10H,1-2,4-7H2,3H3. The van der Waals surface area contributed by atoms with Gasteiger partial charge in [0.1, 0.15) is 0 Å². The average molecular weight is 156 g/mol. The smallest absolute Gasteiger partial charge is 0.0883 e. The molecule has 0 atom stereocenters. The van der Waals surface area contributed by atoms with Crippen molar-refractivity contribution in [3.63, 3.8) is 0 Å². The van der Waals surface area contributed by atoms with Crippen LogP contribution in [0.3, 0.4) is 0 Å².